The molecule has 1 unspecified atom stereocenters. The van der Waals surface area contributed by atoms with E-state index in [1.807, 2.05) is 54.6 Å². The Kier molecular flexibility index (Phi) is 7.34. The summed E-state index contributed by atoms with van der Waals surface area (Å²) in [7, 11) is 0. The molecule has 0 aliphatic rings. The van der Waals surface area contributed by atoms with E-state index >= 15 is 0 Å². The van der Waals surface area contributed by atoms with Crippen LogP contribution in [0.1, 0.15) is 56.1 Å². The van der Waals surface area contributed by atoms with Crippen molar-refractivity contribution in [1.82, 2.24) is 0 Å². The van der Waals surface area contributed by atoms with E-state index in [4.69, 9.17) is 4.74 Å². The summed E-state index contributed by atoms with van der Waals surface area (Å²) in [6.07, 6.45) is 4.82. The van der Waals surface area contributed by atoms with Gasteiger partial charge in [-0.1, -0.05) is 68.7 Å². The molecule has 2 aromatic carbocycles. The molecule has 2 aromatic rings. The second-order valence-corrected chi connectivity index (χ2v) is 6.04. The fourth-order valence-electron chi connectivity index (χ4n) is 2.80. The first-order chi connectivity index (χ1) is 11.7. The maximum atomic E-state index is 11.2. The van der Waals surface area contributed by atoms with Crippen molar-refractivity contribution in [3.05, 3.63) is 65.7 Å². The largest absolute Gasteiger partial charge is 0.494 e. The molecule has 3 heteroatoms. The summed E-state index contributed by atoms with van der Waals surface area (Å²) in [6.45, 7) is 2.93. The van der Waals surface area contributed by atoms with Crippen LogP contribution in [0.3, 0.4) is 0 Å². The number of rotatable bonds is 10. The van der Waals surface area contributed by atoms with Crippen LogP contribution in [-0.4, -0.2) is 17.7 Å². The summed E-state index contributed by atoms with van der Waals surface area (Å²) in [5, 5.41) is 9.22. The van der Waals surface area contributed by atoms with Crippen molar-refractivity contribution in [3.63, 3.8) is 0 Å². The van der Waals surface area contributed by atoms with Crippen molar-refractivity contribution < 1.29 is 14.6 Å². The lowest BCUT2D eigenvalue weighted by atomic mass is 9.88. The summed E-state index contributed by atoms with van der Waals surface area (Å²) in [6, 6.07) is 17.6. The molecule has 0 amide bonds. The van der Waals surface area contributed by atoms with Crippen LogP contribution < -0.4 is 4.74 Å². The molecule has 3 nitrogen and oxygen atoms in total. The van der Waals surface area contributed by atoms with Gasteiger partial charge in [0, 0.05) is 5.92 Å². The summed E-state index contributed by atoms with van der Waals surface area (Å²) < 4.78 is 5.76. The topological polar surface area (TPSA) is 46.5 Å². The van der Waals surface area contributed by atoms with Crippen molar-refractivity contribution in [2.24, 2.45) is 0 Å². The summed E-state index contributed by atoms with van der Waals surface area (Å²) >= 11 is 0. The molecule has 0 bridgehead atoms. The van der Waals surface area contributed by atoms with Gasteiger partial charge in [-0.15, -0.1) is 0 Å². The normalized spacial score (nSPS) is 11.9. The first-order valence-electron chi connectivity index (χ1n) is 8.70. The third-order valence-electron chi connectivity index (χ3n) is 4.13. The van der Waals surface area contributed by atoms with Crippen LogP contribution >= 0.6 is 0 Å². The summed E-state index contributed by atoms with van der Waals surface area (Å²) in [5.74, 6) is -0.0835. The lowest BCUT2D eigenvalue weighted by Crippen LogP contribution is -2.08. The molecule has 0 spiro atoms. The van der Waals surface area contributed by atoms with Crippen molar-refractivity contribution >= 4 is 5.97 Å². The zero-order valence-electron chi connectivity index (χ0n) is 14.3. The highest BCUT2D eigenvalue weighted by Gasteiger charge is 2.17. The van der Waals surface area contributed by atoms with Crippen molar-refractivity contribution in [2.45, 2.75) is 44.9 Å². The average Bonchev–Trinajstić information content (AvgIpc) is 2.61. The Morgan fingerprint density at radius 1 is 0.958 bits per heavy atom. The first kappa shape index (κ1) is 18.1. The maximum Gasteiger partial charge on any atom is 0.304 e. The molecule has 24 heavy (non-hydrogen) atoms. The number of hydrogen-bond donors (Lipinski definition) is 1. The number of carboxylic acid groups (broad SMARTS) is 1. The highest BCUT2D eigenvalue weighted by atomic mass is 16.5. The van der Waals surface area contributed by atoms with Crippen molar-refractivity contribution in [1.29, 1.82) is 0 Å². The molecule has 0 saturated carbocycles. The molecule has 2 rings (SSSR count). The predicted molar refractivity (Wildman–Crippen MR) is 96.6 cm³/mol. The SMILES string of the molecule is CCCCCCOc1ccc(C(CC(=O)O)c2ccccc2)cc1. The minimum atomic E-state index is -0.792. The van der Waals surface area contributed by atoms with Gasteiger partial charge < -0.3 is 9.84 Å². The fraction of sp³-hybridized carbons (Fsp3) is 0.381. The van der Waals surface area contributed by atoms with Gasteiger partial charge in [-0.05, 0) is 29.7 Å². The number of ether oxygens (including phenoxy) is 1. The van der Waals surface area contributed by atoms with E-state index in [2.05, 4.69) is 6.92 Å². The van der Waals surface area contributed by atoms with Crippen LogP contribution in [0.25, 0.3) is 0 Å². The third-order valence-corrected chi connectivity index (χ3v) is 4.13. The van der Waals surface area contributed by atoms with Crippen LogP contribution in [0.5, 0.6) is 5.75 Å². The molecular formula is C21H26O3. The van der Waals surface area contributed by atoms with E-state index in [0.29, 0.717) is 0 Å². The van der Waals surface area contributed by atoms with E-state index < -0.39 is 5.97 Å². The number of hydrogen-bond acceptors (Lipinski definition) is 2. The fourth-order valence-corrected chi connectivity index (χ4v) is 2.80. The molecule has 0 fully saturated rings. The van der Waals surface area contributed by atoms with E-state index in [0.717, 1.165) is 29.9 Å². The van der Waals surface area contributed by atoms with Gasteiger partial charge in [0.1, 0.15) is 5.75 Å². The quantitative estimate of drug-likeness (QED) is 0.606. The van der Waals surface area contributed by atoms with Gasteiger partial charge in [0.25, 0.3) is 0 Å². The van der Waals surface area contributed by atoms with E-state index in [1.165, 1.54) is 19.3 Å². The average molecular weight is 326 g/mol. The molecule has 0 aliphatic carbocycles. The second-order valence-electron chi connectivity index (χ2n) is 6.04. The summed E-state index contributed by atoms with van der Waals surface area (Å²) in [5.41, 5.74) is 2.02. The number of carboxylic acids is 1. The van der Waals surface area contributed by atoms with Crippen LogP contribution in [0.4, 0.5) is 0 Å². The molecule has 0 aliphatic heterocycles. The zero-order chi connectivity index (χ0) is 17.2. The second kappa shape index (κ2) is 9.76. The minimum Gasteiger partial charge on any atom is -0.494 e. The molecule has 0 saturated heterocycles. The standard InChI is InChI=1S/C21H26O3/c1-2-3-4-8-15-24-19-13-11-18(12-14-19)20(16-21(22)23)17-9-6-5-7-10-17/h5-7,9-14,20H,2-4,8,15-16H2,1H3,(H,22,23). The monoisotopic (exact) mass is 326 g/mol. The molecule has 1 atom stereocenters. The highest BCUT2D eigenvalue weighted by molar-refractivity contribution is 5.69. The maximum absolute atomic E-state index is 11.2. The number of unbranched alkanes of at least 4 members (excludes halogenated alkanes) is 3. The van der Waals surface area contributed by atoms with Gasteiger partial charge in [0.2, 0.25) is 0 Å². The highest BCUT2D eigenvalue weighted by Crippen LogP contribution is 2.29. The number of aliphatic carboxylic acids is 1. The predicted octanol–water partition coefficient (Wildman–Crippen LogP) is 5.25. The van der Waals surface area contributed by atoms with Crippen LogP contribution in [0.2, 0.25) is 0 Å². The Labute approximate surface area is 144 Å². The van der Waals surface area contributed by atoms with Gasteiger partial charge in [-0.25, -0.2) is 0 Å². The van der Waals surface area contributed by atoms with E-state index in [9.17, 15) is 9.90 Å². The van der Waals surface area contributed by atoms with Gasteiger partial charge >= 0.3 is 5.97 Å². The van der Waals surface area contributed by atoms with Gasteiger partial charge in [-0.2, -0.15) is 0 Å². The third kappa shape index (κ3) is 5.73. The molecule has 1 N–H and O–H groups in total. The van der Waals surface area contributed by atoms with Crippen molar-refractivity contribution in [3.8, 4) is 5.75 Å². The Hall–Kier alpha value is -2.29. The molecule has 0 radical (unpaired) electrons. The smallest absolute Gasteiger partial charge is 0.304 e. The summed E-state index contributed by atoms with van der Waals surface area (Å²) in [4.78, 5) is 11.2. The van der Waals surface area contributed by atoms with Gasteiger partial charge in [-0.3, -0.25) is 4.79 Å². The Morgan fingerprint density at radius 2 is 1.62 bits per heavy atom. The Morgan fingerprint density at radius 3 is 2.25 bits per heavy atom. The van der Waals surface area contributed by atoms with Gasteiger partial charge in [0.15, 0.2) is 0 Å². The van der Waals surface area contributed by atoms with Crippen LogP contribution in [0.15, 0.2) is 54.6 Å². The minimum absolute atomic E-state index is 0.0846. The lowest BCUT2D eigenvalue weighted by molar-refractivity contribution is -0.137. The number of carbonyl (C=O) groups is 1. The molecule has 0 aromatic heterocycles. The molecule has 128 valence electrons. The van der Waals surface area contributed by atoms with Crippen LogP contribution in [0, 0.1) is 0 Å². The zero-order valence-corrected chi connectivity index (χ0v) is 14.3. The van der Waals surface area contributed by atoms with Crippen molar-refractivity contribution in [2.75, 3.05) is 6.61 Å². The molecular weight excluding hydrogens is 300 g/mol. The number of benzene rings is 2. The van der Waals surface area contributed by atoms with E-state index in [-0.39, 0.29) is 12.3 Å². The molecule has 0 heterocycles. The Bertz CT molecular complexity index is 605. The first-order valence-corrected chi connectivity index (χ1v) is 8.70. The van der Waals surface area contributed by atoms with Gasteiger partial charge in [0.05, 0.1) is 13.0 Å². The lowest BCUT2D eigenvalue weighted by Gasteiger charge is -2.16. The Balaban J connectivity index is 2.01. The van der Waals surface area contributed by atoms with Crippen LogP contribution in [-0.2, 0) is 4.79 Å². The van der Waals surface area contributed by atoms with E-state index in [1.54, 1.807) is 0 Å².